The summed E-state index contributed by atoms with van der Waals surface area (Å²) in [6.07, 6.45) is 2.99. The Labute approximate surface area is 219 Å². The first-order valence-corrected chi connectivity index (χ1v) is 12.7. The molecule has 1 unspecified atom stereocenters. The van der Waals surface area contributed by atoms with Crippen LogP contribution in [0.15, 0.2) is 72.8 Å². The molecule has 3 aromatic carbocycles. The molecule has 0 saturated carbocycles. The number of unbranched alkanes of at least 4 members (excludes halogenated alkanes) is 2. The summed E-state index contributed by atoms with van der Waals surface area (Å²) in [5, 5.41) is 9.48. The molecule has 196 valence electrons. The topological polar surface area (TPSA) is 82.1 Å². The van der Waals surface area contributed by atoms with Gasteiger partial charge >= 0.3 is 5.97 Å². The van der Waals surface area contributed by atoms with Gasteiger partial charge in [-0.25, -0.2) is 0 Å². The zero-order valence-electron chi connectivity index (χ0n) is 21.7. The van der Waals surface area contributed by atoms with Gasteiger partial charge in [0.05, 0.1) is 25.2 Å². The molecular formula is C31H36O6. The lowest BCUT2D eigenvalue weighted by Crippen LogP contribution is -2.13. The number of benzene rings is 3. The van der Waals surface area contributed by atoms with Gasteiger partial charge in [-0.3, -0.25) is 9.59 Å². The van der Waals surface area contributed by atoms with E-state index in [0.717, 1.165) is 24.0 Å². The van der Waals surface area contributed by atoms with E-state index in [1.54, 1.807) is 19.1 Å². The molecule has 1 N–H and O–H groups in total. The Morgan fingerprint density at radius 3 is 2.05 bits per heavy atom. The minimum atomic E-state index is -0.444. The van der Waals surface area contributed by atoms with Crippen LogP contribution < -0.4 is 9.47 Å². The molecular weight excluding hydrogens is 468 g/mol. The van der Waals surface area contributed by atoms with Gasteiger partial charge in [0.25, 0.3) is 0 Å². The van der Waals surface area contributed by atoms with E-state index < -0.39 is 5.97 Å². The second-order valence-electron chi connectivity index (χ2n) is 9.13. The van der Waals surface area contributed by atoms with Crippen LogP contribution in [0.2, 0.25) is 0 Å². The Kier molecular flexibility index (Phi) is 11.2. The lowest BCUT2D eigenvalue weighted by molar-refractivity contribution is -0.139. The van der Waals surface area contributed by atoms with Crippen molar-refractivity contribution >= 4 is 11.8 Å². The normalized spacial score (nSPS) is 11.5. The molecule has 0 radical (unpaired) electrons. The molecule has 0 bridgehead atoms. The molecule has 0 fully saturated rings. The number of Topliss-reactive ketones (excluding diaryl/α,β-unsaturated/α-hetero) is 1. The Bertz CT molecular complexity index is 1130. The number of aliphatic hydroxyl groups excluding tert-OH is 1. The van der Waals surface area contributed by atoms with Crippen molar-refractivity contribution in [2.45, 2.75) is 64.8 Å². The number of esters is 1. The van der Waals surface area contributed by atoms with Crippen LogP contribution in [0.25, 0.3) is 0 Å². The lowest BCUT2D eigenvalue weighted by Gasteiger charge is -2.18. The second kappa shape index (κ2) is 14.8. The van der Waals surface area contributed by atoms with Crippen LogP contribution in [0.1, 0.15) is 66.1 Å². The molecule has 3 rings (SSSR count). The highest BCUT2D eigenvalue weighted by Crippen LogP contribution is 2.32. The first kappa shape index (κ1) is 27.9. The van der Waals surface area contributed by atoms with E-state index in [-0.39, 0.29) is 24.9 Å². The van der Waals surface area contributed by atoms with Gasteiger partial charge < -0.3 is 19.3 Å². The van der Waals surface area contributed by atoms with Gasteiger partial charge in [0, 0.05) is 12.5 Å². The van der Waals surface area contributed by atoms with Crippen molar-refractivity contribution < 1.29 is 28.9 Å². The van der Waals surface area contributed by atoms with Crippen molar-refractivity contribution in [1.29, 1.82) is 0 Å². The molecule has 3 aromatic rings. The largest absolute Gasteiger partial charge is 0.489 e. The van der Waals surface area contributed by atoms with Crippen LogP contribution in [-0.2, 0) is 29.2 Å². The Balaban J connectivity index is 1.88. The average molecular weight is 505 g/mol. The third kappa shape index (κ3) is 9.39. The second-order valence-corrected chi connectivity index (χ2v) is 9.13. The summed E-state index contributed by atoms with van der Waals surface area (Å²) in [7, 11) is 1.33. The number of ketones is 1. The van der Waals surface area contributed by atoms with Crippen molar-refractivity contribution in [3.05, 3.63) is 95.1 Å². The summed E-state index contributed by atoms with van der Waals surface area (Å²) < 4.78 is 17.1. The van der Waals surface area contributed by atoms with Crippen molar-refractivity contribution in [1.82, 2.24) is 0 Å². The van der Waals surface area contributed by atoms with Crippen molar-refractivity contribution in [2.75, 3.05) is 7.11 Å². The van der Waals surface area contributed by atoms with Crippen molar-refractivity contribution in [2.24, 2.45) is 0 Å². The Morgan fingerprint density at radius 1 is 0.838 bits per heavy atom. The van der Waals surface area contributed by atoms with Gasteiger partial charge in [-0.15, -0.1) is 0 Å². The fourth-order valence-electron chi connectivity index (χ4n) is 4.03. The summed E-state index contributed by atoms with van der Waals surface area (Å²) in [4.78, 5) is 25.7. The molecule has 0 heterocycles. The molecule has 0 aliphatic heterocycles. The molecule has 0 saturated heterocycles. The molecule has 6 nitrogen and oxygen atoms in total. The molecule has 0 aliphatic carbocycles. The molecule has 0 aromatic heterocycles. The third-order valence-electron chi connectivity index (χ3n) is 6.01. The van der Waals surface area contributed by atoms with Crippen molar-refractivity contribution in [3.63, 3.8) is 0 Å². The highest BCUT2D eigenvalue weighted by atomic mass is 16.5. The number of rotatable bonds is 15. The molecule has 0 aliphatic rings. The minimum absolute atomic E-state index is 0.0656. The van der Waals surface area contributed by atoms with E-state index in [9.17, 15) is 14.7 Å². The van der Waals surface area contributed by atoms with Crippen LogP contribution in [0, 0.1) is 0 Å². The summed E-state index contributed by atoms with van der Waals surface area (Å²) in [6, 6.07) is 22.9. The number of aliphatic hydroxyl groups is 1. The van der Waals surface area contributed by atoms with Crippen LogP contribution in [0.3, 0.4) is 0 Å². The van der Waals surface area contributed by atoms with Gasteiger partial charge in [-0.2, -0.15) is 0 Å². The summed E-state index contributed by atoms with van der Waals surface area (Å²) in [5.41, 5.74) is 2.88. The molecule has 0 spiro atoms. The molecule has 37 heavy (non-hydrogen) atoms. The maximum Gasteiger partial charge on any atom is 0.310 e. The monoisotopic (exact) mass is 504 g/mol. The van der Waals surface area contributed by atoms with E-state index in [1.165, 1.54) is 7.11 Å². The van der Waals surface area contributed by atoms with Crippen LogP contribution >= 0.6 is 0 Å². The van der Waals surface area contributed by atoms with Crippen LogP contribution in [0.4, 0.5) is 0 Å². The van der Waals surface area contributed by atoms with E-state index in [4.69, 9.17) is 14.2 Å². The van der Waals surface area contributed by atoms with E-state index in [2.05, 4.69) is 0 Å². The van der Waals surface area contributed by atoms with Gasteiger partial charge in [0.2, 0.25) is 0 Å². The first-order valence-electron chi connectivity index (χ1n) is 12.7. The van der Waals surface area contributed by atoms with Gasteiger partial charge in [0.15, 0.2) is 5.78 Å². The minimum Gasteiger partial charge on any atom is -0.489 e. The number of carbonyl (C=O) groups excluding carboxylic acids is 2. The van der Waals surface area contributed by atoms with Crippen molar-refractivity contribution in [3.8, 4) is 11.5 Å². The van der Waals surface area contributed by atoms with Crippen LogP contribution in [0.5, 0.6) is 11.5 Å². The standard InChI is InChI=1S/C31H36O6/c1-23(32)12-6-3-11-17-28(33)31-26(19-30(34)35-2)18-27(36-21-24-13-7-4-8-14-24)20-29(31)37-22-25-15-9-5-10-16-25/h4-5,7-10,13-16,18,20,23,32H,3,6,11-12,17,19,21-22H2,1-2H3. The zero-order chi connectivity index (χ0) is 26.5. The van der Waals surface area contributed by atoms with Crippen LogP contribution in [-0.4, -0.2) is 30.1 Å². The number of carbonyl (C=O) groups is 2. The summed E-state index contributed by atoms with van der Waals surface area (Å²) >= 11 is 0. The van der Waals surface area contributed by atoms with E-state index in [1.807, 2.05) is 60.7 Å². The van der Waals surface area contributed by atoms with Gasteiger partial charge in [0.1, 0.15) is 24.7 Å². The quantitative estimate of drug-likeness (QED) is 0.154. The van der Waals surface area contributed by atoms with Gasteiger partial charge in [-0.1, -0.05) is 73.5 Å². The number of ether oxygens (including phenoxy) is 3. The van der Waals surface area contributed by atoms with Gasteiger partial charge in [-0.05, 0) is 42.5 Å². The number of hydrogen-bond acceptors (Lipinski definition) is 6. The SMILES string of the molecule is COC(=O)Cc1cc(OCc2ccccc2)cc(OCc2ccccc2)c1C(=O)CCCCCC(C)O. The predicted molar refractivity (Wildman–Crippen MR) is 143 cm³/mol. The predicted octanol–water partition coefficient (Wildman–Crippen LogP) is 6.07. The lowest BCUT2D eigenvalue weighted by atomic mass is 9.95. The highest BCUT2D eigenvalue weighted by molar-refractivity contribution is 6.01. The Morgan fingerprint density at radius 2 is 1.46 bits per heavy atom. The maximum absolute atomic E-state index is 13.4. The highest BCUT2D eigenvalue weighted by Gasteiger charge is 2.22. The number of hydrogen-bond donors (Lipinski definition) is 1. The van der Waals surface area contributed by atoms with E-state index >= 15 is 0 Å². The summed E-state index contributed by atoms with van der Waals surface area (Å²) in [6.45, 7) is 2.38. The Hall–Kier alpha value is -3.64. The summed E-state index contributed by atoms with van der Waals surface area (Å²) in [5.74, 6) is 0.371. The zero-order valence-corrected chi connectivity index (χ0v) is 21.7. The van der Waals surface area contributed by atoms with E-state index in [0.29, 0.717) is 48.5 Å². The number of methoxy groups -OCH3 is 1. The maximum atomic E-state index is 13.4. The smallest absolute Gasteiger partial charge is 0.310 e. The average Bonchev–Trinajstić information content (AvgIpc) is 2.91. The fourth-order valence-corrected chi connectivity index (χ4v) is 4.03. The first-order chi connectivity index (χ1) is 18.0. The molecule has 0 amide bonds. The third-order valence-corrected chi connectivity index (χ3v) is 6.01. The molecule has 6 heteroatoms. The fraction of sp³-hybridized carbons (Fsp3) is 0.355. The molecule has 1 atom stereocenters.